The number of nitrogen functional groups attached to an aromatic ring is 1. The van der Waals surface area contributed by atoms with Gasteiger partial charge in [-0.2, -0.15) is 9.97 Å². The molecule has 0 aliphatic heterocycles. The summed E-state index contributed by atoms with van der Waals surface area (Å²) in [7, 11) is -4.16. The van der Waals surface area contributed by atoms with Crippen LogP contribution in [0.2, 0.25) is 0 Å². The molecule has 128 valence electrons. The second-order valence-corrected chi connectivity index (χ2v) is 6.49. The number of hydrogen-bond acceptors (Lipinski definition) is 7. The van der Waals surface area contributed by atoms with Gasteiger partial charge in [-0.25, -0.2) is 4.98 Å². The first-order chi connectivity index (χ1) is 10.9. The molecule has 23 heavy (non-hydrogen) atoms. The van der Waals surface area contributed by atoms with E-state index in [9.17, 15) is 4.57 Å². The molecule has 0 aliphatic carbocycles. The Morgan fingerprint density at radius 3 is 2.83 bits per heavy atom. The third-order valence-corrected chi connectivity index (χ3v) is 3.44. The maximum absolute atomic E-state index is 10.7. The molecule has 10 nitrogen and oxygen atoms in total. The molecule has 0 amide bonds. The second kappa shape index (κ2) is 7.69. The van der Waals surface area contributed by atoms with Crippen LogP contribution in [0.4, 0.5) is 5.95 Å². The molecule has 0 atom stereocenters. The molecule has 0 saturated carbocycles. The van der Waals surface area contributed by atoms with Crippen LogP contribution >= 0.6 is 7.60 Å². The molecule has 0 spiro atoms. The topological polar surface area (TPSA) is 146 Å². The fraction of sp³-hybridized carbons (Fsp3) is 0.583. The van der Waals surface area contributed by atoms with Crippen molar-refractivity contribution in [2.75, 3.05) is 25.3 Å². The molecule has 2 aromatic rings. The van der Waals surface area contributed by atoms with Gasteiger partial charge in [-0.1, -0.05) is 13.3 Å². The van der Waals surface area contributed by atoms with Crippen molar-refractivity contribution in [1.29, 1.82) is 0 Å². The number of fused-ring (bicyclic) bond motifs is 1. The minimum absolute atomic E-state index is 0.0712. The molecule has 0 bridgehead atoms. The zero-order chi connectivity index (χ0) is 16.9. The summed E-state index contributed by atoms with van der Waals surface area (Å²) in [6.45, 7) is 2.99. The highest BCUT2D eigenvalue weighted by Gasteiger charge is 2.15. The van der Waals surface area contributed by atoms with Gasteiger partial charge in [0, 0.05) is 6.54 Å². The fourth-order valence-electron chi connectivity index (χ4n) is 1.86. The number of hydrogen-bond donors (Lipinski definition) is 3. The Morgan fingerprint density at radius 1 is 1.35 bits per heavy atom. The lowest BCUT2D eigenvalue weighted by molar-refractivity contribution is 0.149. The van der Waals surface area contributed by atoms with E-state index in [-0.39, 0.29) is 12.6 Å². The number of unbranched alkanes of at least 4 members (excludes halogenated alkanes) is 1. The van der Waals surface area contributed by atoms with E-state index in [0.717, 1.165) is 12.8 Å². The summed E-state index contributed by atoms with van der Waals surface area (Å²) in [4.78, 5) is 29.9. The van der Waals surface area contributed by atoms with Crippen LogP contribution in [0.5, 0.6) is 5.88 Å². The summed E-state index contributed by atoms with van der Waals surface area (Å²) in [5.74, 6) is 0.401. The number of nitrogens with two attached hydrogens (primary N) is 1. The maximum Gasteiger partial charge on any atom is 0.350 e. The Kier molecular flexibility index (Phi) is 5.89. The van der Waals surface area contributed by atoms with Gasteiger partial charge in [-0.05, 0) is 6.42 Å². The van der Waals surface area contributed by atoms with Crippen LogP contribution in [0.3, 0.4) is 0 Å². The lowest BCUT2D eigenvalue weighted by Gasteiger charge is -2.08. The van der Waals surface area contributed by atoms with Crippen molar-refractivity contribution in [3.63, 3.8) is 0 Å². The van der Waals surface area contributed by atoms with Gasteiger partial charge in [0.2, 0.25) is 11.8 Å². The Balaban J connectivity index is 2.08. The number of imidazole rings is 1. The van der Waals surface area contributed by atoms with Gasteiger partial charge in [-0.15, -0.1) is 0 Å². The molecular formula is C12H20N5O5P. The molecule has 2 rings (SSSR count). The van der Waals surface area contributed by atoms with Crippen molar-refractivity contribution >= 4 is 24.7 Å². The van der Waals surface area contributed by atoms with Gasteiger partial charge in [-0.3, -0.25) is 4.57 Å². The molecule has 0 radical (unpaired) electrons. The van der Waals surface area contributed by atoms with E-state index in [1.165, 1.54) is 6.33 Å². The molecule has 4 N–H and O–H groups in total. The average molecular weight is 345 g/mol. The Morgan fingerprint density at radius 2 is 2.13 bits per heavy atom. The van der Waals surface area contributed by atoms with Crippen LogP contribution < -0.4 is 10.5 Å². The highest BCUT2D eigenvalue weighted by molar-refractivity contribution is 7.51. The normalized spacial score (nSPS) is 12.0. The van der Waals surface area contributed by atoms with E-state index in [4.69, 9.17) is 25.0 Å². The zero-order valence-electron chi connectivity index (χ0n) is 12.8. The highest BCUT2D eigenvalue weighted by Crippen LogP contribution is 2.33. The summed E-state index contributed by atoms with van der Waals surface area (Å²) in [5, 5.41) is 0. The van der Waals surface area contributed by atoms with Crippen LogP contribution in [0.15, 0.2) is 6.33 Å². The molecule has 2 aromatic heterocycles. The lowest BCUT2D eigenvalue weighted by Crippen LogP contribution is -2.08. The first-order valence-electron chi connectivity index (χ1n) is 7.14. The van der Waals surface area contributed by atoms with Gasteiger partial charge < -0.3 is 29.6 Å². The van der Waals surface area contributed by atoms with Gasteiger partial charge >= 0.3 is 7.60 Å². The summed E-state index contributed by atoms with van der Waals surface area (Å²) >= 11 is 0. The van der Waals surface area contributed by atoms with Crippen LogP contribution in [0.1, 0.15) is 19.8 Å². The van der Waals surface area contributed by atoms with Crippen molar-refractivity contribution < 1.29 is 23.8 Å². The average Bonchev–Trinajstić information content (AvgIpc) is 2.86. The molecule has 0 aromatic carbocycles. The van der Waals surface area contributed by atoms with Crippen LogP contribution in [0.25, 0.3) is 11.2 Å². The molecule has 0 aliphatic rings. The summed E-state index contributed by atoms with van der Waals surface area (Å²) < 4.78 is 22.9. The molecule has 0 saturated heterocycles. The summed E-state index contributed by atoms with van der Waals surface area (Å²) in [6, 6.07) is 0. The first-order valence-corrected chi connectivity index (χ1v) is 8.94. The minimum Gasteiger partial charge on any atom is -0.476 e. The first kappa shape index (κ1) is 17.6. The zero-order valence-corrected chi connectivity index (χ0v) is 13.6. The number of aromatic nitrogens is 4. The van der Waals surface area contributed by atoms with Crippen molar-refractivity contribution in [1.82, 2.24) is 19.5 Å². The molecule has 2 heterocycles. The largest absolute Gasteiger partial charge is 0.476 e. The SMILES string of the molecule is CCCCOc1nc(N)nc2c1ncn2CCOCP(=O)(O)O. The van der Waals surface area contributed by atoms with E-state index in [2.05, 4.69) is 21.9 Å². The fourth-order valence-corrected chi connectivity index (χ4v) is 2.23. The number of rotatable bonds is 9. The molecule has 0 fully saturated rings. The Labute approximate surface area is 132 Å². The van der Waals surface area contributed by atoms with Crippen LogP contribution in [-0.4, -0.2) is 48.9 Å². The van der Waals surface area contributed by atoms with Crippen LogP contribution in [-0.2, 0) is 15.8 Å². The number of anilines is 1. The Bertz CT molecular complexity index is 700. The minimum atomic E-state index is -4.16. The third-order valence-electron chi connectivity index (χ3n) is 2.92. The van der Waals surface area contributed by atoms with Gasteiger partial charge in [0.05, 0.1) is 19.5 Å². The predicted octanol–water partition coefficient (Wildman–Crippen LogP) is 0.739. The maximum atomic E-state index is 10.7. The van der Waals surface area contributed by atoms with E-state index >= 15 is 0 Å². The van der Waals surface area contributed by atoms with Gasteiger partial charge in [0.25, 0.3) is 0 Å². The molecule has 11 heteroatoms. The monoisotopic (exact) mass is 345 g/mol. The van der Waals surface area contributed by atoms with Gasteiger partial charge in [0.15, 0.2) is 11.2 Å². The van der Waals surface area contributed by atoms with Gasteiger partial charge in [0.1, 0.15) is 6.35 Å². The van der Waals surface area contributed by atoms with Crippen LogP contribution in [0, 0.1) is 0 Å². The summed E-state index contributed by atoms with van der Waals surface area (Å²) in [6.07, 6.45) is 2.80. The number of ether oxygens (including phenoxy) is 2. The lowest BCUT2D eigenvalue weighted by atomic mass is 10.4. The quantitative estimate of drug-likeness (QED) is 0.442. The predicted molar refractivity (Wildman–Crippen MR) is 83.0 cm³/mol. The Hall–Kier alpha value is -1.74. The third kappa shape index (κ3) is 5.14. The van der Waals surface area contributed by atoms with E-state index in [0.29, 0.717) is 30.2 Å². The van der Waals surface area contributed by atoms with E-state index in [1.54, 1.807) is 4.57 Å². The second-order valence-electron chi connectivity index (χ2n) is 4.90. The van der Waals surface area contributed by atoms with Crippen molar-refractivity contribution in [2.45, 2.75) is 26.3 Å². The van der Waals surface area contributed by atoms with Crippen molar-refractivity contribution in [3.05, 3.63) is 6.33 Å². The molecule has 0 unspecified atom stereocenters. The summed E-state index contributed by atoms with van der Waals surface area (Å²) in [5.41, 5.74) is 6.67. The molecular weight excluding hydrogens is 325 g/mol. The van der Waals surface area contributed by atoms with Crippen molar-refractivity contribution in [2.24, 2.45) is 0 Å². The standard InChI is InChI=1S/C12H20N5O5P/c1-2-3-5-22-11-9-10(15-12(13)16-11)17(7-14-9)4-6-21-8-23(18,19)20/h7H,2-6,8H2,1H3,(H2,13,15,16)(H2,18,19,20). The number of nitrogens with zero attached hydrogens (tertiary/aromatic N) is 4. The smallest absolute Gasteiger partial charge is 0.350 e. The van der Waals surface area contributed by atoms with E-state index in [1.807, 2.05) is 0 Å². The van der Waals surface area contributed by atoms with Crippen molar-refractivity contribution in [3.8, 4) is 5.88 Å². The van der Waals surface area contributed by atoms with E-state index < -0.39 is 13.9 Å². The highest BCUT2D eigenvalue weighted by atomic mass is 31.2.